The zero-order chi connectivity index (χ0) is 20.4. The van der Waals surface area contributed by atoms with Gasteiger partial charge in [-0.2, -0.15) is 0 Å². The summed E-state index contributed by atoms with van der Waals surface area (Å²) in [5.74, 6) is -0.781. The molecule has 1 N–H and O–H groups in total. The van der Waals surface area contributed by atoms with E-state index >= 15 is 0 Å². The number of nitrogens with one attached hydrogen (secondary N) is 1. The van der Waals surface area contributed by atoms with E-state index in [0.717, 1.165) is 12.0 Å². The molecular weight excluding hydrogens is 386 g/mol. The molecule has 0 atom stereocenters. The Kier molecular flexibility index (Phi) is 5.13. The van der Waals surface area contributed by atoms with Crippen LogP contribution in [0.5, 0.6) is 0 Å². The molecular formula is C23H19NO4S. The largest absolute Gasteiger partial charge is 0.289 e. The van der Waals surface area contributed by atoms with Crippen LogP contribution >= 0.6 is 0 Å². The molecule has 0 unspecified atom stereocenters. The first-order valence-corrected chi connectivity index (χ1v) is 10.8. The van der Waals surface area contributed by atoms with Crippen molar-refractivity contribution in [1.82, 2.24) is 4.72 Å². The first kappa shape index (κ1) is 19.2. The molecule has 29 heavy (non-hydrogen) atoms. The molecule has 0 amide bonds. The Bertz CT molecular complexity index is 1200. The van der Waals surface area contributed by atoms with Crippen LogP contribution in [0.3, 0.4) is 0 Å². The maximum Gasteiger partial charge on any atom is 0.241 e. The zero-order valence-electron chi connectivity index (χ0n) is 15.6. The van der Waals surface area contributed by atoms with Crippen molar-refractivity contribution < 1.29 is 18.0 Å². The molecule has 0 fully saturated rings. The van der Waals surface area contributed by atoms with Crippen LogP contribution in [0.4, 0.5) is 0 Å². The summed E-state index contributed by atoms with van der Waals surface area (Å²) in [6.07, 6.45) is 1.36. The molecule has 5 nitrogen and oxygen atoms in total. The SMILES string of the molecule is O=C1c2ccccc2C(=O)c2c1cccc2S(=O)(=O)NCCCc1ccccc1. The van der Waals surface area contributed by atoms with Crippen LogP contribution in [0.25, 0.3) is 0 Å². The number of hydrogen-bond acceptors (Lipinski definition) is 4. The molecule has 4 rings (SSSR count). The van der Waals surface area contributed by atoms with Crippen LogP contribution in [0, 0.1) is 0 Å². The predicted molar refractivity (Wildman–Crippen MR) is 110 cm³/mol. The average Bonchev–Trinajstić information content (AvgIpc) is 2.75. The lowest BCUT2D eigenvalue weighted by Crippen LogP contribution is -2.30. The van der Waals surface area contributed by atoms with Crippen molar-refractivity contribution in [1.29, 1.82) is 0 Å². The number of carbonyl (C=O) groups is 2. The number of carbonyl (C=O) groups excluding carboxylic acids is 2. The van der Waals surface area contributed by atoms with Gasteiger partial charge in [0.1, 0.15) is 0 Å². The summed E-state index contributed by atoms with van der Waals surface area (Å²) in [6.45, 7) is 0.236. The summed E-state index contributed by atoms with van der Waals surface area (Å²) in [5, 5.41) is 0. The molecule has 0 spiro atoms. The van der Waals surface area contributed by atoms with E-state index in [0.29, 0.717) is 12.0 Å². The first-order valence-electron chi connectivity index (χ1n) is 9.34. The third-order valence-electron chi connectivity index (χ3n) is 4.98. The molecule has 0 saturated heterocycles. The highest BCUT2D eigenvalue weighted by Crippen LogP contribution is 2.31. The molecule has 0 aliphatic heterocycles. The van der Waals surface area contributed by atoms with E-state index in [9.17, 15) is 18.0 Å². The van der Waals surface area contributed by atoms with Gasteiger partial charge in [0.2, 0.25) is 10.0 Å². The monoisotopic (exact) mass is 405 g/mol. The molecule has 1 aliphatic rings. The molecule has 1 aliphatic carbocycles. The third kappa shape index (κ3) is 3.64. The highest BCUT2D eigenvalue weighted by Gasteiger charge is 2.34. The minimum absolute atomic E-state index is 0.0493. The van der Waals surface area contributed by atoms with E-state index in [1.807, 2.05) is 30.3 Å². The highest BCUT2D eigenvalue weighted by molar-refractivity contribution is 7.89. The fourth-order valence-corrected chi connectivity index (χ4v) is 4.86. The second kappa shape index (κ2) is 7.73. The van der Waals surface area contributed by atoms with Gasteiger partial charge in [-0.05, 0) is 24.5 Å². The summed E-state index contributed by atoms with van der Waals surface area (Å²) in [5.41, 5.74) is 1.74. The summed E-state index contributed by atoms with van der Waals surface area (Å²) < 4.78 is 28.4. The van der Waals surface area contributed by atoms with E-state index in [-0.39, 0.29) is 33.9 Å². The van der Waals surface area contributed by atoms with Gasteiger partial charge in [-0.3, -0.25) is 9.59 Å². The fourth-order valence-electron chi connectivity index (χ4n) is 3.56. The molecule has 0 saturated carbocycles. The van der Waals surface area contributed by atoms with Gasteiger partial charge in [0.15, 0.2) is 11.6 Å². The number of ketones is 2. The minimum atomic E-state index is -3.94. The smallest absolute Gasteiger partial charge is 0.241 e. The number of hydrogen-bond donors (Lipinski definition) is 1. The van der Waals surface area contributed by atoms with Crippen LogP contribution in [-0.4, -0.2) is 26.5 Å². The fraction of sp³-hybridized carbons (Fsp3) is 0.130. The van der Waals surface area contributed by atoms with E-state index in [2.05, 4.69) is 4.72 Å². The summed E-state index contributed by atoms with van der Waals surface area (Å²) in [7, 11) is -3.94. The molecule has 146 valence electrons. The van der Waals surface area contributed by atoms with E-state index in [1.165, 1.54) is 18.2 Å². The van der Waals surface area contributed by atoms with Gasteiger partial charge in [0.05, 0.1) is 10.5 Å². The van der Waals surface area contributed by atoms with Gasteiger partial charge < -0.3 is 0 Å². The Labute approximate surface area is 169 Å². The van der Waals surface area contributed by atoms with Gasteiger partial charge in [-0.25, -0.2) is 13.1 Å². The van der Waals surface area contributed by atoms with E-state index < -0.39 is 15.8 Å². The van der Waals surface area contributed by atoms with Gasteiger partial charge >= 0.3 is 0 Å². The van der Waals surface area contributed by atoms with Crippen molar-refractivity contribution in [2.45, 2.75) is 17.7 Å². The Hall–Kier alpha value is -3.09. The van der Waals surface area contributed by atoms with Crippen molar-refractivity contribution in [2.24, 2.45) is 0 Å². The molecule has 0 bridgehead atoms. The summed E-state index contributed by atoms with van der Waals surface area (Å²) in [4.78, 5) is 25.6. The number of aryl methyl sites for hydroxylation is 1. The third-order valence-corrected chi connectivity index (χ3v) is 6.48. The lowest BCUT2D eigenvalue weighted by molar-refractivity contribution is 0.0976. The Morgan fingerprint density at radius 1 is 0.690 bits per heavy atom. The van der Waals surface area contributed by atoms with Crippen molar-refractivity contribution in [3.63, 3.8) is 0 Å². The van der Waals surface area contributed by atoms with Gasteiger partial charge in [0, 0.05) is 23.2 Å². The Morgan fingerprint density at radius 2 is 1.31 bits per heavy atom. The molecule has 0 radical (unpaired) electrons. The van der Waals surface area contributed by atoms with Crippen molar-refractivity contribution in [3.05, 3.63) is 101 Å². The lowest BCUT2D eigenvalue weighted by atomic mass is 9.84. The van der Waals surface area contributed by atoms with E-state index in [1.54, 1.807) is 24.3 Å². The second-order valence-corrected chi connectivity index (χ2v) is 8.60. The van der Waals surface area contributed by atoms with Crippen LogP contribution in [0.1, 0.15) is 43.8 Å². The molecule has 3 aromatic carbocycles. The van der Waals surface area contributed by atoms with Crippen LogP contribution in [0.15, 0.2) is 77.7 Å². The predicted octanol–water partition coefficient (Wildman–Crippen LogP) is 3.37. The first-order chi connectivity index (χ1) is 14.0. The summed E-state index contributed by atoms with van der Waals surface area (Å²) in [6, 6.07) is 20.6. The van der Waals surface area contributed by atoms with Crippen molar-refractivity contribution >= 4 is 21.6 Å². The standard InChI is InChI=1S/C23H19NO4S/c25-22-17-11-4-5-12-18(17)23(26)21-19(22)13-6-14-20(21)29(27,28)24-15-7-10-16-8-2-1-3-9-16/h1-6,8-9,11-14,24H,7,10,15H2. The Balaban J connectivity index is 1.59. The minimum Gasteiger partial charge on any atom is -0.289 e. The maximum atomic E-state index is 13.0. The number of benzene rings is 3. The number of rotatable bonds is 6. The van der Waals surface area contributed by atoms with Gasteiger partial charge in [0.25, 0.3) is 0 Å². The van der Waals surface area contributed by atoms with Crippen molar-refractivity contribution in [3.8, 4) is 0 Å². The summed E-state index contributed by atoms with van der Waals surface area (Å²) >= 11 is 0. The molecule has 0 heterocycles. The van der Waals surface area contributed by atoms with Crippen molar-refractivity contribution in [2.75, 3.05) is 6.54 Å². The van der Waals surface area contributed by atoms with Gasteiger partial charge in [-0.15, -0.1) is 0 Å². The molecule has 0 aromatic heterocycles. The van der Waals surface area contributed by atoms with Crippen LogP contribution in [0.2, 0.25) is 0 Å². The van der Waals surface area contributed by atoms with Crippen LogP contribution in [-0.2, 0) is 16.4 Å². The number of fused-ring (bicyclic) bond motifs is 2. The highest BCUT2D eigenvalue weighted by atomic mass is 32.2. The van der Waals surface area contributed by atoms with Gasteiger partial charge in [-0.1, -0.05) is 66.7 Å². The lowest BCUT2D eigenvalue weighted by Gasteiger charge is -2.20. The maximum absolute atomic E-state index is 13.0. The number of sulfonamides is 1. The van der Waals surface area contributed by atoms with Crippen LogP contribution < -0.4 is 4.72 Å². The zero-order valence-corrected chi connectivity index (χ0v) is 16.4. The average molecular weight is 405 g/mol. The Morgan fingerprint density at radius 3 is 2.03 bits per heavy atom. The molecule has 3 aromatic rings. The normalized spacial score (nSPS) is 13.1. The van der Waals surface area contributed by atoms with E-state index in [4.69, 9.17) is 0 Å². The quantitative estimate of drug-likeness (QED) is 0.499. The topological polar surface area (TPSA) is 80.3 Å². The second-order valence-electron chi connectivity index (χ2n) is 6.87. The molecule has 6 heteroatoms.